The van der Waals surface area contributed by atoms with Gasteiger partial charge in [-0.1, -0.05) is 6.07 Å². The van der Waals surface area contributed by atoms with Crippen molar-refractivity contribution in [2.45, 2.75) is 37.0 Å². The highest BCUT2D eigenvalue weighted by Crippen LogP contribution is 2.27. The van der Waals surface area contributed by atoms with Crippen molar-refractivity contribution in [3.05, 3.63) is 23.9 Å². The van der Waals surface area contributed by atoms with Gasteiger partial charge in [0.2, 0.25) is 0 Å². The molecular formula is C13H20N2O4S. The smallest absolute Gasteiger partial charge is 0.260 e. The van der Waals surface area contributed by atoms with Crippen molar-refractivity contribution in [3.8, 4) is 0 Å². The Bertz CT molecular complexity index is 558. The normalized spacial score (nSPS) is 24.8. The second kappa shape index (κ2) is 5.77. The van der Waals surface area contributed by atoms with Crippen LogP contribution < -0.4 is 0 Å². The zero-order valence-corrected chi connectivity index (χ0v) is 12.6. The van der Waals surface area contributed by atoms with Crippen molar-refractivity contribution in [2.24, 2.45) is 0 Å². The zero-order chi connectivity index (χ0) is 14.8. The summed E-state index contributed by atoms with van der Waals surface area (Å²) < 4.78 is 31.9. The Labute approximate surface area is 119 Å². The fourth-order valence-electron chi connectivity index (χ4n) is 2.32. The molecule has 1 N–H and O–H groups in total. The minimum Gasteiger partial charge on any atom is -0.392 e. The minimum atomic E-state index is -3.61. The molecule has 0 aromatic carbocycles. The maximum Gasteiger partial charge on any atom is 0.260 e. The first kappa shape index (κ1) is 15.4. The van der Waals surface area contributed by atoms with Gasteiger partial charge in [-0.3, -0.25) is 0 Å². The molecule has 0 saturated carbocycles. The van der Waals surface area contributed by atoms with Crippen LogP contribution in [0.1, 0.15) is 25.3 Å². The van der Waals surface area contributed by atoms with E-state index in [1.807, 2.05) is 6.92 Å². The first-order chi connectivity index (χ1) is 9.41. The predicted molar refractivity (Wildman–Crippen MR) is 73.6 cm³/mol. The quantitative estimate of drug-likeness (QED) is 0.888. The van der Waals surface area contributed by atoms with Crippen LogP contribution in [-0.4, -0.2) is 48.6 Å². The lowest BCUT2D eigenvalue weighted by Gasteiger charge is -2.38. The monoisotopic (exact) mass is 300 g/mol. The fraction of sp³-hybridized carbons (Fsp3) is 0.615. The Morgan fingerprint density at radius 2 is 2.25 bits per heavy atom. The summed E-state index contributed by atoms with van der Waals surface area (Å²) in [5.41, 5.74) is 0.139. The lowest BCUT2D eigenvalue weighted by atomic mass is 9.96. The Morgan fingerprint density at radius 1 is 1.50 bits per heavy atom. The molecule has 0 aliphatic carbocycles. The average molecular weight is 300 g/mol. The Kier molecular flexibility index (Phi) is 4.43. The number of hydrogen-bond acceptors (Lipinski definition) is 5. The van der Waals surface area contributed by atoms with Crippen molar-refractivity contribution in [3.63, 3.8) is 0 Å². The van der Waals surface area contributed by atoms with Gasteiger partial charge in [-0.2, -0.15) is 4.31 Å². The topological polar surface area (TPSA) is 79.7 Å². The predicted octanol–water partition coefficient (Wildman–Crippen LogP) is 0.764. The molecule has 1 aromatic heterocycles. The third kappa shape index (κ3) is 3.01. The van der Waals surface area contributed by atoms with Crippen LogP contribution in [0.15, 0.2) is 23.4 Å². The van der Waals surface area contributed by atoms with E-state index < -0.39 is 15.6 Å². The van der Waals surface area contributed by atoms with Crippen molar-refractivity contribution in [1.29, 1.82) is 0 Å². The van der Waals surface area contributed by atoms with E-state index in [2.05, 4.69) is 4.98 Å². The molecule has 2 rings (SSSR count). The van der Waals surface area contributed by atoms with Gasteiger partial charge in [-0.15, -0.1) is 0 Å². The van der Waals surface area contributed by atoms with E-state index in [4.69, 9.17) is 9.84 Å². The number of rotatable bonds is 4. The second-order valence-corrected chi connectivity index (χ2v) is 7.14. The van der Waals surface area contributed by atoms with Gasteiger partial charge >= 0.3 is 0 Å². The van der Waals surface area contributed by atoms with Crippen molar-refractivity contribution in [2.75, 3.05) is 20.2 Å². The van der Waals surface area contributed by atoms with E-state index in [-0.39, 0.29) is 11.6 Å². The van der Waals surface area contributed by atoms with Crippen LogP contribution in [0.3, 0.4) is 0 Å². The molecule has 2 heterocycles. The number of hydrogen-bond donors (Lipinski definition) is 1. The zero-order valence-electron chi connectivity index (χ0n) is 11.7. The third-order valence-electron chi connectivity index (χ3n) is 3.70. The van der Waals surface area contributed by atoms with E-state index in [0.29, 0.717) is 18.7 Å². The van der Waals surface area contributed by atoms with Crippen molar-refractivity contribution < 1.29 is 18.3 Å². The van der Waals surface area contributed by atoms with Crippen LogP contribution in [0.2, 0.25) is 0 Å². The van der Waals surface area contributed by atoms with Crippen molar-refractivity contribution in [1.82, 2.24) is 9.29 Å². The van der Waals surface area contributed by atoms with E-state index >= 15 is 0 Å². The standard InChI is InChI=1S/C13H20N2O4S/c1-13(19-2)6-3-7-15(10-13)20(17,18)12-5-4-11(9-16)8-14-12/h4-5,8,16H,3,6-7,9-10H2,1-2H3. The average Bonchev–Trinajstić information content (AvgIpc) is 2.47. The fourth-order valence-corrected chi connectivity index (χ4v) is 3.82. The molecule has 1 atom stereocenters. The third-order valence-corrected chi connectivity index (χ3v) is 5.46. The molecule has 1 fully saturated rings. The molecule has 6 nitrogen and oxygen atoms in total. The van der Waals surface area contributed by atoms with Gasteiger partial charge in [-0.05, 0) is 31.4 Å². The Balaban J connectivity index is 2.25. The molecule has 7 heteroatoms. The second-order valence-electron chi connectivity index (χ2n) is 5.26. The van der Waals surface area contributed by atoms with E-state index in [1.165, 1.54) is 16.6 Å². The van der Waals surface area contributed by atoms with Gasteiger partial charge in [-0.25, -0.2) is 13.4 Å². The Morgan fingerprint density at radius 3 is 2.80 bits per heavy atom. The number of pyridine rings is 1. The molecule has 1 saturated heterocycles. The Hall–Kier alpha value is -1.02. The summed E-state index contributed by atoms with van der Waals surface area (Å²) in [4.78, 5) is 3.94. The molecule has 0 spiro atoms. The highest BCUT2D eigenvalue weighted by molar-refractivity contribution is 7.89. The largest absolute Gasteiger partial charge is 0.392 e. The maximum atomic E-state index is 12.5. The summed E-state index contributed by atoms with van der Waals surface area (Å²) in [5, 5.41) is 8.97. The summed E-state index contributed by atoms with van der Waals surface area (Å²) in [7, 11) is -2.01. The number of sulfonamides is 1. The van der Waals surface area contributed by atoms with Crippen LogP contribution in [0.25, 0.3) is 0 Å². The molecule has 1 unspecified atom stereocenters. The van der Waals surface area contributed by atoms with Gasteiger partial charge in [0.1, 0.15) is 0 Å². The van der Waals surface area contributed by atoms with Crippen LogP contribution in [-0.2, 0) is 21.4 Å². The van der Waals surface area contributed by atoms with Crippen LogP contribution in [0.4, 0.5) is 0 Å². The van der Waals surface area contributed by atoms with Gasteiger partial charge in [0.05, 0.1) is 12.2 Å². The van der Waals surface area contributed by atoms with E-state index in [9.17, 15) is 8.42 Å². The molecule has 1 aliphatic heterocycles. The number of piperidine rings is 1. The first-order valence-electron chi connectivity index (χ1n) is 6.52. The van der Waals surface area contributed by atoms with E-state index in [0.717, 1.165) is 12.8 Å². The number of nitrogens with zero attached hydrogens (tertiary/aromatic N) is 2. The molecule has 20 heavy (non-hydrogen) atoms. The van der Waals surface area contributed by atoms with Crippen LogP contribution >= 0.6 is 0 Å². The van der Waals surface area contributed by atoms with Crippen molar-refractivity contribution >= 4 is 10.0 Å². The molecular weight excluding hydrogens is 280 g/mol. The number of ether oxygens (including phenoxy) is 1. The van der Waals surface area contributed by atoms with E-state index in [1.54, 1.807) is 13.2 Å². The molecule has 0 bridgehead atoms. The summed E-state index contributed by atoms with van der Waals surface area (Å²) in [6, 6.07) is 3.00. The molecule has 1 aliphatic rings. The van der Waals surface area contributed by atoms with Gasteiger partial charge in [0.25, 0.3) is 10.0 Å². The minimum absolute atomic E-state index is 0.00931. The molecule has 0 amide bonds. The summed E-state index contributed by atoms with van der Waals surface area (Å²) in [5.74, 6) is 0. The molecule has 112 valence electrons. The number of aliphatic hydroxyl groups excluding tert-OH is 1. The van der Waals surface area contributed by atoms with Crippen LogP contribution in [0, 0.1) is 0 Å². The highest BCUT2D eigenvalue weighted by atomic mass is 32.2. The van der Waals surface area contributed by atoms with Crippen LogP contribution in [0.5, 0.6) is 0 Å². The SMILES string of the molecule is COC1(C)CCCN(S(=O)(=O)c2ccc(CO)cn2)C1. The molecule has 1 aromatic rings. The lowest BCUT2D eigenvalue weighted by Crippen LogP contribution is -2.49. The maximum absolute atomic E-state index is 12.5. The number of aromatic nitrogens is 1. The van der Waals surface area contributed by atoms with Gasteiger partial charge in [0, 0.05) is 26.4 Å². The lowest BCUT2D eigenvalue weighted by molar-refractivity contribution is -0.0319. The summed E-state index contributed by atoms with van der Waals surface area (Å²) in [6.45, 7) is 2.57. The number of methoxy groups -OCH3 is 1. The summed E-state index contributed by atoms with van der Waals surface area (Å²) in [6.07, 6.45) is 2.98. The molecule has 0 radical (unpaired) electrons. The summed E-state index contributed by atoms with van der Waals surface area (Å²) >= 11 is 0. The van der Waals surface area contributed by atoms with Gasteiger partial charge in [0.15, 0.2) is 5.03 Å². The number of aliphatic hydroxyl groups is 1. The highest BCUT2D eigenvalue weighted by Gasteiger charge is 2.37. The van der Waals surface area contributed by atoms with Gasteiger partial charge < -0.3 is 9.84 Å². The first-order valence-corrected chi connectivity index (χ1v) is 7.96.